The lowest BCUT2D eigenvalue weighted by molar-refractivity contribution is -0.117. The summed E-state index contributed by atoms with van der Waals surface area (Å²) in [5, 5.41) is 13.7. The van der Waals surface area contributed by atoms with Crippen molar-refractivity contribution in [2.75, 3.05) is 25.1 Å². The molecule has 0 radical (unpaired) electrons. The molecule has 1 saturated heterocycles. The molecule has 134 valence electrons. The molecular weight excluding hydrogens is 329 g/mol. The van der Waals surface area contributed by atoms with E-state index in [2.05, 4.69) is 20.8 Å². The first-order chi connectivity index (χ1) is 12.1. The van der Waals surface area contributed by atoms with Crippen molar-refractivity contribution in [2.24, 2.45) is 0 Å². The fraction of sp³-hybridized carbons (Fsp3) is 0.500. The molecule has 1 aromatic carbocycles. The van der Waals surface area contributed by atoms with Gasteiger partial charge in [0.05, 0.1) is 37.1 Å². The minimum atomic E-state index is -0.525. The Labute approximate surface area is 144 Å². The van der Waals surface area contributed by atoms with Gasteiger partial charge in [-0.25, -0.2) is 4.39 Å². The lowest BCUT2D eigenvalue weighted by atomic mass is 10.2. The number of aromatic nitrogens is 4. The number of hydrogen-bond acceptors (Lipinski definition) is 6. The summed E-state index contributed by atoms with van der Waals surface area (Å²) < 4.78 is 26.3. The molecule has 8 nitrogen and oxygen atoms in total. The van der Waals surface area contributed by atoms with Crippen molar-refractivity contribution in [3.05, 3.63) is 29.8 Å². The SMILES string of the molecule is Cc1nnnn1-c1ccc(F)c(NC(=O)CCOC[C@@H]2CCCO2)c1. The van der Waals surface area contributed by atoms with Gasteiger partial charge in [0.15, 0.2) is 5.82 Å². The molecule has 0 unspecified atom stereocenters. The predicted molar refractivity (Wildman–Crippen MR) is 86.9 cm³/mol. The zero-order valence-electron chi connectivity index (χ0n) is 13.9. The Kier molecular flexibility index (Phi) is 5.67. The van der Waals surface area contributed by atoms with Crippen LogP contribution in [0.2, 0.25) is 0 Å². The number of carbonyl (C=O) groups excluding carboxylic acids is 1. The van der Waals surface area contributed by atoms with Gasteiger partial charge in [-0.1, -0.05) is 0 Å². The Morgan fingerprint density at radius 1 is 1.52 bits per heavy atom. The van der Waals surface area contributed by atoms with E-state index >= 15 is 0 Å². The molecule has 9 heteroatoms. The normalized spacial score (nSPS) is 17.0. The first-order valence-electron chi connectivity index (χ1n) is 8.17. The summed E-state index contributed by atoms with van der Waals surface area (Å²) in [6.45, 7) is 3.24. The van der Waals surface area contributed by atoms with Crippen molar-refractivity contribution >= 4 is 11.6 Å². The van der Waals surface area contributed by atoms with Gasteiger partial charge in [-0.15, -0.1) is 5.10 Å². The van der Waals surface area contributed by atoms with Crippen LogP contribution in [0.3, 0.4) is 0 Å². The summed E-state index contributed by atoms with van der Waals surface area (Å²) in [6, 6.07) is 4.29. The van der Waals surface area contributed by atoms with E-state index in [1.165, 1.54) is 16.8 Å². The number of halogens is 1. The largest absolute Gasteiger partial charge is 0.378 e. The molecule has 25 heavy (non-hydrogen) atoms. The molecule has 3 rings (SSSR count). The average Bonchev–Trinajstić information content (AvgIpc) is 3.25. The Bertz CT molecular complexity index is 730. The fourth-order valence-corrected chi connectivity index (χ4v) is 2.58. The number of anilines is 1. The van der Waals surface area contributed by atoms with Crippen molar-refractivity contribution in [1.82, 2.24) is 20.2 Å². The minimum Gasteiger partial charge on any atom is -0.378 e. The zero-order chi connectivity index (χ0) is 17.6. The molecule has 0 aliphatic carbocycles. The summed E-state index contributed by atoms with van der Waals surface area (Å²) in [7, 11) is 0. The molecular formula is C16H20FN5O3. The molecule has 0 spiro atoms. The number of carbonyl (C=O) groups is 1. The second-order valence-electron chi connectivity index (χ2n) is 5.81. The van der Waals surface area contributed by atoms with Crippen molar-refractivity contribution in [3.8, 4) is 5.69 Å². The van der Waals surface area contributed by atoms with Crippen molar-refractivity contribution in [3.63, 3.8) is 0 Å². The second kappa shape index (κ2) is 8.13. The first kappa shape index (κ1) is 17.4. The van der Waals surface area contributed by atoms with Crippen molar-refractivity contribution in [1.29, 1.82) is 0 Å². The van der Waals surface area contributed by atoms with Gasteiger partial charge in [0.2, 0.25) is 5.91 Å². The molecule has 1 aliphatic rings. The summed E-state index contributed by atoms with van der Waals surface area (Å²) in [4.78, 5) is 12.0. The number of aryl methyl sites for hydroxylation is 1. The number of nitrogens with zero attached hydrogens (tertiary/aromatic N) is 4. The van der Waals surface area contributed by atoms with Crippen LogP contribution in [0.15, 0.2) is 18.2 Å². The van der Waals surface area contributed by atoms with Crippen molar-refractivity contribution < 1.29 is 18.7 Å². The maximum atomic E-state index is 13.9. The highest BCUT2D eigenvalue weighted by Gasteiger charge is 2.16. The highest BCUT2D eigenvalue weighted by Crippen LogP contribution is 2.19. The van der Waals surface area contributed by atoms with Crippen LogP contribution in [0, 0.1) is 12.7 Å². The standard InChI is InChI=1S/C16H20FN5O3/c1-11-19-20-21-22(11)12-4-5-14(17)15(9-12)18-16(23)6-8-24-10-13-3-2-7-25-13/h4-5,9,13H,2-3,6-8,10H2,1H3,(H,18,23)/t13-/m0/s1. The number of hydrogen-bond donors (Lipinski definition) is 1. The predicted octanol–water partition coefficient (Wildman–Crippen LogP) is 1.63. The van der Waals surface area contributed by atoms with Crippen molar-refractivity contribution in [2.45, 2.75) is 32.3 Å². The number of ether oxygens (including phenoxy) is 2. The lowest BCUT2D eigenvalue weighted by Gasteiger charge is -2.11. The van der Waals surface area contributed by atoms with Gasteiger partial charge < -0.3 is 14.8 Å². The molecule has 1 fully saturated rings. The smallest absolute Gasteiger partial charge is 0.226 e. The molecule has 1 atom stereocenters. The van der Waals surface area contributed by atoms with Crippen LogP contribution < -0.4 is 5.32 Å². The minimum absolute atomic E-state index is 0.0801. The van der Waals surface area contributed by atoms with Gasteiger partial charge in [-0.3, -0.25) is 4.79 Å². The van der Waals surface area contributed by atoms with Gasteiger partial charge in [-0.2, -0.15) is 4.68 Å². The number of nitrogens with one attached hydrogen (secondary N) is 1. The Hall–Kier alpha value is -2.39. The van der Waals surface area contributed by atoms with E-state index in [0.717, 1.165) is 19.4 Å². The Morgan fingerprint density at radius 3 is 3.12 bits per heavy atom. The van der Waals surface area contributed by atoms with E-state index in [0.29, 0.717) is 18.1 Å². The van der Waals surface area contributed by atoms with E-state index < -0.39 is 5.82 Å². The van der Waals surface area contributed by atoms with Crippen LogP contribution in [0.25, 0.3) is 5.69 Å². The van der Waals surface area contributed by atoms with Gasteiger partial charge >= 0.3 is 0 Å². The van der Waals surface area contributed by atoms with E-state index in [1.807, 2.05) is 0 Å². The van der Waals surface area contributed by atoms with Gasteiger partial charge in [0.25, 0.3) is 0 Å². The zero-order valence-corrected chi connectivity index (χ0v) is 13.9. The molecule has 2 aromatic rings. The summed E-state index contributed by atoms with van der Waals surface area (Å²) in [6.07, 6.45) is 2.29. The van der Waals surface area contributed by atoms with E-state index in [9.17, 15) is 9.18 Å². The number of benzene rings is 1. The van der Waals surface area contributed by atoms with Crippen LogP contribution in [0.5, 0.6) is 0 Å². The number of rotatable bonds is 7. The molecule has 2 heterocycles. The summed E-state index contributed by atoms with van der Waals surface area (Å²) >= 11 is 0. The highest BCUT2D eigenvalue weighted by atomic mass is 19.1. The molecule has 0 bridgehead atoms. The average molecular weight is 349 g/mol. The third-order valence-electron chi connectivity index (χ3n) is 3.90. The Balaban J connectivity index is 1.52. The van der Waals surface area contributed by atoms with E-state index in [1.54, 1.807) is 13.0 Å². The van der Waals surface area contributed by atoms with Crippen LogP contribution in [-0.4, -0.2) is 52.0 Å². The fourth-order valence-electron chi connectivity index (χ4n) is 2.58. The summed E-state index contributed by atoms with van der Waals surface area (Å²) in [5.74, 6) is -0.286. The topological polar surface area (TPSA) is 91.2 Å². The Morgan fingerprint density at radius 2 is 2.40 bits per heavy atom. The van der Waals surface area contributed by atoms with Crippen LogP contribution in [0.1, 0.15) is 25.1 Å². The first-order valence-corrected chi connectivity index (χ1v) is 8.17. The highest BCUT2D eigenvalue weighted by molar-refractivity contribution is 5.91. The lowest BCUT2D eigenvalue weighted by Crippen LogP contribution is -2.19. The maximum Gasteiger partial charge on any atom is 0.226 e. The molecule has 1 amide bonds. The third kappa shape index (κ3) is 4.58. The van der Waals surface area contributed by atoms with Crippen LogP contribution in [0.4, 0.5) is 10.1 Å². The second-order valence-corrected chi connectivity index (χ2v) is 5.81. The van der Waals surface area contributed by atoms with Crippen LogP contribution in [-0.2, 0) is 14.3 Å². The monoisotopic (exact) mass is 349 g/mol. The quantitative estimate of drug-likeness (QED) is 0.764. The number of amides is 1. The molecule has 1 aliphatic heterocycles. The van der Waals surface area contributed by atoms with E-state index in [4.69, 9.17) is 9.47 Å². The third-order valence-corrected chi connectivity index (χ3v) is 3.90. The van der Waals surface area contributed by atoms with Gasteiger partial charge in [0.1, 0.15) is 5.82 Å². The van der Waals surface area contributed by atoms with Crippen LogP contribution >= 0.6 is 0 Å². The summed E-state index contributed by atoms with van der Waals surface area (Å²) in [5.41, 5.74) is 0.644. The number of tetrazole rings is 1. The molecule has 1 N–H and O–H groups in total. The molecule has 1 aromatic heterocycles. The van der Waals surface area contributed by atoms with E-state index in [-0.39, 0.29) is 30.7 Å². The van der Waals surface area contributed by atoms with Gasteiger partial charge in [0, 0.05) is 6.61 Å². The molecule has 0 saturated carbocycles. The maximum absolute atomic E-state index is 13.9. The van der Waals surface area contributed by atoms with Gasteiger partial charge in [-0.05, 0) is 48.4 Å².